The van der Waals surface area contributed by atoms with Crippen LogP contribution < -0.4 is 4.74 Å². The van der Waals surface area contributed by atoms with E-state index in [1.165, 1.54) is 13.2 Å². The molecule has 0 spiro atoms. The Kier molecular flexibility index (Phi) is 5.92. The molecular weight excluding hydrogens is 399 g/mol. The summed E-state index contributed by atoms with van der Waals surface area (Å²) in [4.78, 5) is 6.70. The smallest absolute Gasteiger partial charge is 0.136 e. The molecule has 30 heavy (non-hydrogen) atoms. The lowest BCUT2D eigenvalue weighted by Gasteiger charge is -2.15. The van der Waals surface area contributed by atoms with Crippen LogP contribution in [0.3, 0.4) is 0 Å². The first kappa shape index (κ1) is 20.3. The molecule has 0 saturated carbocycles. The quantitative estimate of drug-likeness (QED) is 0.416. The fourth-order valence-electron chi connectivity index (χ4n) is 3.33. The van der Waals surface area contributed by atoms with E-state index in [0.717, 1.165) is 28.5 Å². The summed E-state index contributed by atoms with van der Waals surface area (Å²) in [5.74, 6) is 0.128. The maximum Gasteiger partial charge on any atom is 0.136 e. The van der Waals surface area contributed by atoms with E-state index in [9.17, 15) is 4.39 Å². The lowest BCUT2D eigenvalue weighted by Crippen LogP contribution is -2.17. The van der Waals surface area contributed by atoms with Gasteiger partial charge < -0.3 is 4.74 Å². The second-order valence-electron chi connectivity index (χ2n) is 7.18. The molecule has 0 unspecified atom stereocenters. The van der Waals surface area contributed by atoms with Crippen molar-refractivity contribution in [2.45, 2.75) is 20.0 Å². The standard InChI is InChI=1S/C23H23FN4OS/c1-16-15-30-22(25-16)14-27(2)12-17-13-28(18-7-5-4-6-8-18)26-23(17)20-10-9-19(29-3)11-21(20)24/h4-11,13,15H,12,14H2,1-3H3. The molecule has 4 aromatic rings. The van der Waals surface area contributed by atoms with Gasteiger partial charge in [0, 0.05) is 41.0 Å². The average Bonchev–Trinajstić information content (AvgIpc) is 3.34. The van der Waals surface area contributed by atoms with E-state index < -0.39 is 0 Å². The minimum atomic E-state index is -0.355. The van der Waals surface area contributed by atoms with Crippen LogP contribution in [0.15, 0.2) is 60.1 Å². The predicted molar refractivity (Wildman–Crippen MR) is 118 cm³/mol. The van der Waals surface area contributed by atoms with Gasteiger partial charge in [0.15, 0.2) is 0 Å². The second kappa shape index (κ2) is 8.77. The number of methoxy groups -OCH3 is 1. The van der Waals surface area contributed by atoms with Crippen LogP contribution in [-0.4, -0.2) is 33.8 Å². The molecule has 0 aliphatic carbocycles. The lowest BCUT2D eigenvalue weighted by molar-refractivity contribution is 0.318. The zero-order valence-corrected chi connectivity index (χ0v) is 18.0. The number of nitrogens with zero attached hydrogens (tertiary/aromatic N) is 4. The average molecular weight is 423 g/mol. The number of aromatic nitrogens is 3. The Hall–Kier alpha value is -3.03. The molecule has 2 aromatic heterocycles. The molecular formula is C23H23FN4OS. The Labute approximate surface area is 179 Å². The summed E-state index contributed by atoms with van der Waals surface area (Å²) in [6, 6.07) is 14.7. The summed E-state index contributed by atoms with van der Waals surface area (Å²) >= 11 is 1.65. The van der Waals surface area contributed by atoms with E-state index in [2.05, 4.69) is 15.3 Å². The summed E-state index contributed by atoms with van der Waals surface area (Å²) in [7, 11) is 3.56. The zero-order valence-electron chi connectivity index (χ0n) is 17.2. The van der Waals surface area contributed by atoms with Gasteiger partial charge in [-0.3, -0.25) is 4.90 Å². The zero-order chi connectivity index (χ0) is 21.1. The molecule has 0 amide bonds. The van der Waals surface area contributed by atoms with Crippen LogP contribution in [-0.2, 0) is 13.1 Å². The van der Waals surface area contributed by atoms with Gasteiger partial charge in [-0.05, 0) is 38.2 Å². The van der Waals surface area contributed by atoms with E-state index >= 15 is 0 Å². The number of thiazole rings is 1. The molecule has 154 valence electrons. The molecule has 0 N–H and O–H groups in total. The molecule has 0 bridgehead atoms. The number of benzene rings is 2. The van der Waals surface area contributed by atoms with Crippen molar-refractivity contribution >= 4 is 11.3 Å². The van der Waals surface area contributed by atoms with E-state index in [-0.39, 0.29) is 5.82 Å². The third kappa shape index (κ3) is 4.42. The highest BCUT2D eigenvalue weighted by atomic mass is 32.1. The van der Waals surface area contributed by atoms with Gasteiger partial charge in [-0.2, -0.15) is 5.10 Å². The molecule has 4 rings (SSSR count). The normalized spacial score (nSPS) is 11.2. The minimum Gasteiger partial charge on any atom is -0.497 e. The van der Waals surface area contributed by atoms with Gasteiger partial charge in [0.05, 0.1) is 19.3 Å². The van der Waals surface area contributed by atoms with Gasteiger partial charge in [-0.1, -0.05) is 18.2 Å². The third-order valence-corrected chi connectivity index (χ3v) is 5.71. The highest BCUT2D eigenvalue weighted by Gasteiger charge is 2.18. The summed E-state index contributed by atoms with van der Waals surface area (Å²) in [6.45, 7) is 3.33. The van der Waals surface area contributed by atoms with Gasteiger partial charge in [0.1, 0.15) is 22.3 Å². The second-order valence-corrected chi connectivity index (χ2v) is 8.13. The van der Waals surface area contributed by atoms with Crippen LogP contribution in [0.25, 0.3) is 16.9 Å². The summed E-state index contributed by atoms with van der Waals surface area (Å²) in [5.41, 5.74) is 3.98. The molecule has 2 aromatic carbocycles. The molecule has 0 atom stereocenters. The van der Waals surface area contributed by atoms with Crippen molar-refractivity contribution in [1.82, 2.24) is 19.7 Å². The Bertz CT molecular complexity index is 1140. The highest BCUT2D eigenvalue weighted by molar-refractivity contribution is 7.09. The number of ether oxygens (including phenoxy) is 1. The first-order valence-corrected chi connectivity index (χ1v) is 10.5. The van der Waals surface area contributed by atoms with Crippen molar-refractivity contribution in [3.05, 3.63) is 82.2 Å². The van der Waals surface area contributed by atoms with Crippen LogP contribution in [0.1, 0.15) is 16.3 Å². The van der Waals surface area contributed by atoms with E-state index in [1.54, 1.807) is 28.2 Å². The molecule has 0 fully saturated rings. The van der Waals surface area contributed by atoms with E-state index in [0.29, 0.717) is 23.6 Å². The van der Waals surface area contributed by atoms with Crippen molar-refractivity contribution in [2.24, 2.45) is 0 Å². The van der Waals surface area contributed by atoms with Crippen molar-refractivity contribution in [3.8, 4) is 22.7 Å². The summed E-state index contributed by atoms with van der Waals surface area (Å²) in [6.07, 6.45) is 1.97. The van der Waals surface area contributed by atoms with Gasteiger partial charge in [-0.25, -0.2) is 14.1 Å². The fourth-order valence-corrected chi connectivity index (χ4v) is 4.18. The SMILES string of the molecule is COc1ccc(-c2nn(-c3ccccc3)cc2CN(C)Cc2nc(C)cs2)c(F)c1. The van der Waals surface area contributed by atoms with Crippen LogP contribution in [0.5, 0.6) is 5.75 Å². The number of hydrogen-bond donors (Lipinski definition) is 0. The van der Waals surface area contributed by atoms with Crippen LogP contribution in [0, 0.1) is 12.7 Å². The van der Waals surface area contributed by atoms with Crippen molar-refractivity contribution < 1.29 is 9.13 Å². The number of aryl methyl sites for hydroxylation is 1. The van der Waals surface area contributed by atoms with E-state index in [1.807, 2.05) is 50.5 Å². The maximum atomic E-state index is 14.9. The Morgan fingerprint density at radius 2 is 1.93 bits per heavy atom. The predicted octanol–water partition coefficient (Wildman–Crippen LogP) is 5.08. The van der Waals surface area contributed by atoms with Crippen LogP contribution in [0.2, 0.25) is 0 Å². The van der Waals surface area contributed by atoms with Crippen LogP contribution in [0.4, 0.5) is 4.39 Å². The molecule has 5 nitrogen and oxygen atoms in total. The maximum absolute atomic E-state index is 14.9. The number of halogens is 1. The largest absolute Gasteiger partial charge is 0.497 e. The number of rotatable bonds is 7. The molecule has 7 heteroatoms. The Balaban J connectivity index is 1.69. The van der Waals surface area contributed by atoms with E-state index in [4.69, 9.17) is 9.84 Å². The monoisotopic (exact) mass is 422 g/mol. The molecule has 2 heterocycles. The van der Waals surface area contributed by atoms with Gasteiger partial charge in [0.2, 0.25) is 0 Å². The molecule has 0 radical (unpaired) electrons. The van der Waals surface area contributed by atoms with Gasteiger partial charge >= 0.3 is 0 Å². The van der Waals surface area contributed by atoms with Crippen molar-refractivity contribution in [2.75, 3.05) is 14.2 Å². The van der Waals surface area contributed by atoms with Gasteiger partial charge in [0.25, 0.3) is 0 Å². The Morgan fingerprint density at radius 3 is 2.60 bits per heavy atom. The summed E-state index contributed by atoms with van der Waals surface area (Å²) in [5, 5.41) is 7.84. The minimum absolute atomic E-state index is 0.355. The topological polar surface area (TPSA) is 43.2 Å². The summed E-state index contributed by atoms with van der Waals surface area (Å²) < 4.78 is 21.8. The van der Waals surface area contributed by atoms with Crippen molar-refractivity contribution in [1.29, 1.82) is 0 Å². The van der Waals surface area contributed by atoms with Crippen molar-refractivity contribution in [3.63, 3.8) is 0 Å². The fraction of sp³-hybridized carbons (Fsp3) is 0.217. The first-order chi connectivity index (χ1) is 14.5. The lowest BCUT2D eigenvalue weighted by atomic mass is 10.1. The molecule has 0 aliphatic heterocycles. The first-order valence-electron chi connectivity index (χ1n) is 9.61. The van der Waals surface area contributed by atoms with Crippen LogP contribution >= 0.6 is 11.3 Å². The molecule has 0 saturated heterocycles. The molecule has 0 aliphatic rings. The third-order valence-electron chi connectivity index (χ3n) is 4.75. The Morgan fingerprint density at radius 1 is 1.13 bits per heavy atom. The van der Waals surface area contributed by atoms with Gasteiger partial charge in [-0.15, -0.1) is 11.3 Å². The number of para-hydroxylation sites is 1. The number of hydrogen-bond acceptors (Lipinski definition) is 5. The highest BCUT2D eigenvalue weighted by Crippen LogP contribution is 2.29.